The van der Waals surface area contributed by atoms with Crippen LogP contribution in [-0.2, 0) is 18.4 Å². The number of nitrogens with zero attached hydrogens (tertiary/aromatic N) is 2. The highest BCUT2D eigenvalue weighted by molar-refractivity contribution is 5.74. The lowest BCUT2D eigenvalue weighted by Gasteiger charge is -2.08. The lowest BCUT2D eigenvalue weighted by molar-refractivity contribution is -0.146. The molecule has 1 unspecified atom stereocenters. The minimum atomic E-state index is -1.46. The number of carbonyl (C=O) groups excluding carboxylic acids is 1. The summed E-state index contributed by atoms with van der Waals surface area (Å²) in [5.74, 6) is -1.30. The number of aliphatic hydroxyl groups is 1. The van der Waals surface area contributed by atoms with Crippen molar-refractivity contribution in [1.82, 2.24) is 20.4 Å². The van der Waals surface area contributed by atoms with Gasteiger partial charge in [-0.15, -0.1) is 0 Å². The Morgan fingerprint density at radius 3 is 2.78 bits per heavy atom. The van der Waals surface area contributed by atoms with Crippen molar-refractivity contribution in [1.29, 1.82) is 0 Å². The smallest absolute Gasteiger partial charge is 0.332 e. The predicted molar refractivity (Wildman–Crippen MR) is 61.7 cm³/mol. The van der Waals surface area contributed by atoms with E-state index in [4.69, 9.17) is 10.2 Å². The van der Waals surface area contributed by atoms with Crippen LogP contribution in [0.25, 0.3) is 0 Å². The normalized spacial score (nSPS) is 11.9. The van der Waals surface area contributed by atoms with E-state index in [1.54, 1.807) is 24.0 Å². The molecule has 4 N–H and O–H groups in total. The van der Waals surface area contributed by atoms with Gasteiger partial charge in [-0.05, 0) is 6.07 Å². The number of aliphatic carboxylic acids is 1. The third-order valence-corrected chi connectivity index (χ3v) is 2.19. The van der Waals surface area contributed by atoms with Crippen molar-refractivity contribution in [3.05, 3.63) is 18.0 Å². The molecule has 2 amide bonds. The number of hydrogen-bond donors (Lipinski definition) is 4. The summed E-state index contributed by atoms with van der Waals surface area (Å²) in [6.45, 7) is 0.371. The molecule has 1 heterocycles. The van der Waals surface area contributed by atoms with Crippen LogP contribution in [0.5, 0.6) is 0 Å². The van der Waals surface area contributed by atoms with E-state index in [1.807, 2.05) is 0 Å². The molecule has 1 aromatic heterocycles. The van der Waals surface area contributed by atoms with Gasteiger partial charge in [-0.3, -0.25) is 4.68 Å². The highest BCUT2D eigenvalue weighted by Gasteiger charge is 2.12. The average molecular weight is 256 g/mol. The molecule has 0 fully saturated rings. The number of amides is 2. The van der Waals surface area contributed by atoms with E-state index in [2.05, 4.69) is 15.7 Å². The van der Waals surface area contributed by atoms with Gasteiger partial charge < -0.3 is 20.8 Å². The molecule has 8 nitrogen and oxygen atoms in total. The van der Waals surface area contributed by atoms with Gasteiger partial charge in [0.05, 0.1) is 12.2 Å². The van der Waals surface area contributed by atoms with E-state index < -0.39 is 18.1 Å². The highest BCUT2D eigenvalue weighted by atomic mass is 16.4. The van der Waals surface area contributed by atoms with Gasteiger partial charge in [-0.2, -0.15) is 5.10 Å². The summed E-state index contributed by atoms with van der Waals surface area (Å²) in [7, 11) is 1.77. The van der Waals surface area contributed by atoms with Crippen LogP contribution >= 0.6 is 0 Å². The van der Waals surface area contributed by atoms with Crippen LogP contribution in [0.2, 0.25) is 0 Å². The van der Waals surface area contributed by atoms with E-state index in [0.29, 0.717) is 0 Å². The van der Waals surface area contributed by atoms with E-state index in [1.165, 1.54) is 0 Å². The molecule has 100 valence electrons. The Balaban J connectivity index is 2.16. The second kappa shape index (κ2) is 6.60. The molecule has 1 rings (SSSR count). The SMILES string of the molecule is Cn1ccc(CNC(=O)NCCC(O)C(=O)O)n1. The summed E-state index contributed by atoms with van der Waals surface area (Å²) in [5.41, 5.74) is 0.721. The van der Waals surface area contributed by atoms with E-state index >= 15 is 0 Å². The highest BCUT2D eigenvalue weighted by Crippen LogP contribution is 1.93. The zero-order chi connectivity index (χ0) is 13.5. The van der Waals surface area contributed by atoms with Crippen molar-refractivity contribution in [2.75, 3.05) is 6.54 Å². The summed E-state index contributed by atoms with van der Waals surface area (Å²) in [6.07, 6.45) is 0.269. The van der Waals surface area contributed by atoms with Crippen LogP contribution < -0.4 is 10.6 Å². The Morgan fingerprint density at radius 2 is 2.22 bits per heavy atom. The van der Waals surface area contributed by atoms with Crippen molar-refractivity contribution in [3.63, 3.8) is 0 Å². The van der Waals surface area contributed by atoms with Crippen molar-refractivity contribution < 1.29 is 19.8 Å². The number of nitrogens with one attached hydrogen (secondary N) is 2. The lowest BCUT2D eigenvalue weighted by atomic mass is 10.2. The topological polar surface area (TPSA) is 116 Å². The molecule has 0 aromatic carbocycles. The van der Waals surface area contributed by atoms with Crippen molar-refractivity contribution in [2.24, 2.45) is 7.05 Å². The Labute approximate surface area is 104 Å². The van der Waals surface area contributed by atoms with E-state index in [0.717, 1.165) is 5.69 Å². The van der Waals surface area contributed by atoms with Crippen molar-refractivity contribution >= 4 is 12.0 Å². The lowest BCUT2D eigenvalue weighted by Crippen LogP contribution is -2.37. The standard InChI is InChI=1S/C10H16N4O4/c1-14-5-3-7(13-14)6-12-10(18)11-4-2-8(15)9(16)17/h3,5,8,15H,2,4,6H2,1H3,(H,16,17)(H2,11,12,18). The number of hydrogen-bond acceptors (Lipinski definition) is 4. The Bertz CT molecular complexity index is 418. The van der Waals surface area contributed by atoms with Gasteiger partial charge in [0.2, 0.25) is 0 Å². The minimum absolute atomic E-state index is 0.0354. The molecule has 0 bridgehead atoms. The Morgan fingerprint density at radius 1 is 1.50 bits per heavy atom. The molecule has 18 heavy (non-hydrogen) atoms. The van der Waals surface area contributed by atoms with Gasteiger partial charge in [0.25, 0.3) is 0 Å². The number of rotatable bonds is 6. The summed E-state index contributed by atoms with van der Waals surface area (Å²) in [6, 6.07) is 1.34. The number of carboxylic acid groups (broad SMARTS) is 1. The van der Waals surface area contributed by atoms with Crippen molar-refractivity contribution in [3.8, 4) is 0 Å². The first-order valence-electron chi connectivity index (χ1n) is 5.40. The van der Waals surface area contributed by atoms with Crippen LogP contribution in [0.1, 0.15) is 12.1 Å². The molecule has 0 spiro atoms. The number of carbonyl (C=O) groups is 2. The summed E-state index contributed by atoms with van der Waals surface area (Å²) in [4.78, 5) is 21.6. The molecule has 0 radical (unpaired) electrons. The minimum Gasteiger partial charge on any atom is -0.479 e. The number of aliphatic hydroxyl groups excluding tert-OH is 1. The number of urea groups is 1. The maximum absolute atomic E-state index is 11.3. The fourth-order valence-corrected chi connectivity index (χ4v) is 1.24. The molecule has 0 aliphatic carbocycles. The molecule has 0 aliphatic rings. The molecular weight excluding hydrogens is 240 g/mol. The molecule has 0 saturated carbocycles. The van der Waals surface area contributed by atoms with Gasteiger partial charge in [-0.1, -0.05) is 0 Å². The largest absolute Gasteiger partial charge is 0.479 e. The zero-order valence-electron chi connectivity index (χ0n) is 9.96. The predicted octanol–water partition coefficient (Wildman–Crippen LogP) is -0.945. The third-order valence-electron chi connectivity index (χ3n) is 2.19. The summed E-state index contributed by atoms with van der Waals surface area (Å²) < 4.78 is 1.62. The van der Waals surface area contributed by atoms with Crippen LogP contribution in [0, 0.1) is 0 Å². The zero-order valence-corrected chi connectivity index (χ0v) is 9.96. The average Bonchev–Trinajstić information content (AvgIpc) is 2.72. The van der Waals surface area contributed by atoms with Gasteiger partial charge in [0, 0.05) is 26.2 Å². The van der Waals surface area contributed by atoms with Gasteiger partial charge >= 0.3 is 12.0 Å². The van der Waals surface area contributed by atoms with Gasteiger partial charge in [0.15, 0.2) is 6.10 Å². The van der Waals surface area contributed by atoms with Crippen LogP contribution in [0.15, 0.2) is 12.3 Å². The number of carboxylic acids is 1. The fourth-order valence-electron chi connectivity index (χ4n) is 1.24. The maximum Gasteiger partial charge on any atom is 0.332 e. The molecule has 0 saturated heterocycles. The van der Waals surface area contributed by atoms with E-state index in [-0.39, 0.29) is 19.5 Å². The first-order chi connectivity index (χ1) is 8.49. The molecule has 1 atom stereocenters. The first-order valence-corrected chi connectivity index (χ1v) is 5.40. The Kier molecular flexibility index (Phi) is 5.12. The van der Waals surface area contributed by atoms with E-state index in [9.17, 15) is 9.59 Å². The summed E-state index contributed by atoms with van der Waals surface area (Å²) in [5, 5.41) is 26.4. The second-order valence-electron chi connectivity index (χ2n) is 3.73. The fraction of sp³-hybridized carbons (Fsp3) is 0.500. The maximum atomic E-state index is 11.3. The number of aryl methyl sites for hydroxylation is 1. The van der Waals surface area contributed by atoms with Crippen LogP contribution in [0.3, 0.4) is 0 Å². The quantitative estimate of drug-likeness (QED) is 0.524. The van der Waals surface area contributed by atoms with Gasteiger partial charge in [-0.25, -0.2) is 9.59 Å². The molecule has 0 aliphatic heterocycles. The second-order valence-corrected chi connectivity index (χ2v) is 3.73. The third kappa shape index (κ3) is 4.83. The molecule has 1 aromatic rings. The molecule has 8 heteroatoms. The first kappa shape index (κ1) is 14.0. The molecular formula is C10H16N4O4. The van der Waals surface area contributed by atoms with Crippen molar-refractivity contribution in [2.45, 2.75) is 19.1 Å². The number of aromatic nitrogens is 2. The van der Waals surface area contributed by atoms with Crippen LogP contribution in [0.4, 0.5) is 4.79 Å². The summed E-state index contributed by atoms with van der Waals surface area (Å²) >= 11 is 0. The van der Waals surface area contributed by atoms with Crippen LogP contribution in [-0.4, -0.2) is 44.6 Å². The monoisotopic (exact) mass is 256 g/mol. The Hall–Kier alpha value is -2.09. The van der Waals surface area contributed by atoms with Gasteiger partial charge in [0.1, 0.15) is 0 Å².